The van der Waals surface area contributed by atoms with Gasteiger partial charge in [-0.3, -0.25) is 0 Å². The normalized spacial score (nSPS) is 13.5. The zero-order valence-corrected chi connectivity index (χ0v) is 12.7. The van der Waals surface area contributed by atoms with E-state index in [1.54, 1.807) is 0 Å². The molecule has 0 radical (unpaired) electrons. The third-order valence-corrected chi connectivity index (χ3v) is 3.54. The molecule has 0 atom stereocenters. The molecule has 0 bridgehead atoms. The van der Waals surface area contributed by atoms with Crippen LogP contribution in [0.15, 0.2) is 0 Å². The van der Waals surface area contributed by atoms with Crippen LogP contribution in [-0.2, 0) is 10.8 Å². The molecule has 0 saturated heterocycles. The molecule has 1 aromatic rings. The number of nitrogens with one attached hydrogen (secondary N) is 1. The second-order valence-electron chi connectivity index (χ2n) is 6.99. The Kier molecular flexibility index (Phi) is 3.75. The van der Waals surface area contributed by atoms with E-state index >= 15 is 0 Å². The Hall–Kier alpha value is -0.790. The number of aromatic amines is 1. The molecular formula is C15H28N2. The van der Waals surface area contributed by atoms with E-state index in [0.717, 1.165) is 12.2 Å². The number of imidazole rings is 1. The van der Waals surface area contributed by atoms with Crippen molar-refractivity contribution in [3.63, 3.8) is 0 Å². The topological polar surface area (TPSA) is 28.7 Å². The molecule has 0 aliphatic heterocycles. The monoisotopic (exact) mass is 236 g/mol. The molecule has 2 nitrogen and oxygen atoms in total. The average molecular weight is 236 g/mol. The van der Waals surface area contributed by atoms with Gasteiger partial charge in [0.15, 0.2) is 0 Å². The van der Waals surface area contributed by atoms with Gasteiger partial charge in [0.2, 0.25) is 0 Å². The summed E-state index contributed by atoms with van der Waals surface area (Å²) in [4.78, 5) is 8.46. The molecule has 1 aromatic heterocycles. The van der Waals surface area contributed by atoms with Crippen LogP contribution < -0.4 is 0 Å². The van der Waals surface area contributed by atoms with Gasteiger partial charge < -0.3 is 4.98 Å². The van der Waals surface area contributed by atoms with Gasteiger partial charge in [-0.1, -0.05) is 55.4 Å². The molecule has 0 amide bonds. The second kappa shape index (κ2) is 4.47. The number of H-pyrrole nitrogens is 1. The van der Waals surface area contributed by atoms with E-state index in [1.165, 1.54) is 11.4 Å². The standard InChI is InChI=1S/C15H28N2/c1-9-15(7,8)13-16-11(10(2)3)12(17-13)14(4,5)6/h10H,9H2,1-8H3,(H,16,17). The summed E-state index contributed by atoms with van der Waals surface area (Å²) in [5.74, 6) is 1.63. The quantitative estimate of drug-likeness (QED) is 0.821. The van der Waals surface area contributed by atoms with Crippen LogP contribution in [0, 0.1) is 0 Å². The van der Waals surface area contributed by atoms with Gasteiger partial charge in [-0.2, -0.15) is 0 Å². The fraction of sp³-hybridized carbons (Fsp3) is 0.800. The lowest BCUT2D eigenvalue weighted by Crippen LogP contribution is -2.18. The summed E-state index contributed by atoms with van der Waals surface area (Å²) in [5.41, 5.74) is 2.77. The molecule has 0 aliphatic carbocycles. The summed E-state index contributed by atoms with van der Waals surface area (Å²) >= 11 is 0. The molecule has 17 heavy (non-hydrogen) atoms. The maximum absolute atomic E-state index is 4.89. The van der Waals surface area contributed by atoms with E-state index in [1.807, 2.05) is 0 Å². The Bertz CT molecular complexity index is 378. The van der Waals surface area contributed by atoms with E-state index in [4.69, 9.17) is 4.98 Å². The molecule has 0 unspecified atom stereocenters. The summed E-state index contributed by atoms with van der Waals surface area (Å²) in [5, 5.41) is 0. The Morgan fingerprint density at radius 2 is 1.65 bits per heavy atom. The molecule has 0 aromatic carbocycles. The fourth-order valence-corrected chi connectivity index (χ4v) is 1.86. The molecule has 98 valence electrons. The second-order valence-corrected chi connectivity index (χ2v) is 6.99. The van der Waals surface area contributed by atoms with Crippen molar-refractivity contribution in [3.05, 3.63) is 17.2 Å². The summed E-state index contributed by atoms with van der Waals surface area (Å²) in [6.45, 7) is 17.9. The van der Waals surface area contributed by atoms with Gasteiger partial charge in [-0.25, -0.2) is 4.98 Å². The minimum atomic E-state index is 0.109. The minimum absolute atomic E-state index is 0.109. The highest BCUT2D eigenvalue weighted by Crippen LogP contribution is 2.33. The van der Waals surface area contributed by atoms with Gasteiger partial charge in [-0.05, 0) is 12.3 Å². The molecule has 0 aliphatic rings. The summed E-state index contributed by atoms with van der Waals surface area (Å²) in [6, 6.07) is 0. The molecule has 2 heteroatoms. The van der Waals surface area contributed by atoms with Gasteiger partial charge in [0.1, 0.15) is 5.82 Å². The van der Waals surface area contributed by atoms with Crippen LogP contribution in [0.25, 0.3) is 0 Å². The minimum Gasteiger partial charge on any atom is -0.345 e. The van der Waals surface area contributed by atoms with Crippen LogP contribution in [0.5, 0.6) is 0 Å². The predicted molar refractivity (Wildman–Crippen MR) is 74.7 cm³/mol. The lowest BCUT2D eigenvalue weighted by Gasteiger charge is -2.20. The van der Waals surface area contributed by atoms with E-state index in [0.29, 0.717) is 5.92 Å². The Balaban J connectivity index is 3.32. The first-order valence-corrected chi connectivity index (χ1v) is 6.70. The number of hydrogen-bond acceptors (Lipinski definition) is 1. The third kappa shape index (κ3) is 2.91. The number of nitrogens with zero attached hydrogens (tertiary/aromatic N) is 1. The molecule has 1 heterocycles. The average Bonchev–Trinajstić information content (AvgIpc) is 2.61. The lowest BCUT2D eigenvalue weighted by atomic mass is 9.88. The van der Waals surface area contributed by atoms with Gasteiger partial charge in [0.25, 0.3) is 0 Å². The van der Waals surface area contributed by atoms with Crippen molar-refractivity contribution < 1.29 is 0 Å². The Morgan fingerprint density at radius 3 is 1.94 bits per heavy atom. The fourth-order valence-electron chi connectivity index (χ4n) is 1.86. The molecular weight excluding hydrogens is 208 g/mol. The van der Waals surface area contributed by atoms with Crippen molar-refractivity contribution in [2.24, 2.45) is 0 Å². The van der Waals surface area contributed by atoms with Gasteiger partial charge >= 0.3 is 0 Å². The van der Waals surface area contributed by atoms with Crippen molar-refractivity contribution in [2.75, 3.05) is 0 Å². The van der Waals surface area contributed by atoms with Crippen molar-refractivity contribution in [3.8, 4) is 0 Å². The summed E-state index contributed by atoms with van der Waals surface area (Å²) in [6.07, 6.45) is 1.10. The number of rotatable bonds is 3. The number of hydrogen-bond donors (Lipinski definition) is 1. The first kappa shape index (κ1) is 14.3. The molecule has 0 fully saturated rings. The maximum atomic E-state index is 4.89. The van der Waals surface area contributed by atoms with Crippen LogP contribution in [0.1, 0.15) is 84.9 Å². The van der Waals surface area contributed by atoms with Gasteiger partial charge in [-0.15, -0.1) is 0 Å². The Labute approximate surface area is 106 Å². The van der Waals surface area contributed by atoms with E-state index in [9.17, 15) is 0 Å². The maximum Gasteiger partial charge on any atom is 0.112 e. The highest BCUT2D eigenvalue weighted by atomic mass is 15.0. The first-order chi connectivity index (χ1) is 7.59. The lowest BCUT2D eigenvalue weighted by molar-refractivity contribution is 0.472. The van der Waals surface area contributed by atoms with Gasteiger partial charge in [0, 0.05) is 16.5 Å². The molecule has 0 saturated carbocycles. The zero-order chi connectivity index (χ0) is 13.4. The highest BCUT2D eigenvalue weighted by molar-refractivity contribution is 5.27. The summed E-state index contributed by atoms with van der Waals surface area (Å²) in [7, 11) is 0. The van der Waals surface area contributed by atoms with Crippen molar-refractivity contribution in [1.82, 2.24) is 9.97 Å². The van der Waals surface area contributed by atoms with E-state index in [-0.39, 0.29) is 10.8 Å². The van der Waals surface area contributed by atoms with Crippen LogP contribution in [-0.4, -0.2) is 9.97 Å². The molecule has 1 N–H and O–H groups in total. The SMILES string of the molecule is CCC(C)(C)c1nc(C(C)(C)C)c(C(C)C)[nH]1. The van der Waals surface area contributed by atoms with Crippen LogP contribution in [0.3, 0.4) is 0 Å². The van der Waals surface area contributed by atoms with Crippen molar-refractivity contribution in [2.45, 2.75) is 78.6 Å². The third-order valence-electron chi connectivity index (χ3n) is 3.54. The molecule has 0 spiro atoms. The largest absolute Gasteiger partial charge is 0.345 e. The van der Waals surface area contributed by atoms with E-state index in [2.05, 4.69) is 60.4 Å². The number of aromatic nitrogens is 2. The van der Waals surface area contributed by atoms with Crippen molar-refractivity contribution in [1.29, 1.82) is 0 Å². The van der Waals surface area contributed by atoms with E-state index < -0.39 is 0 Å². The predicted octanol–water partition coefficient (Wildman–Crippen LogP) is 4.52. The summed E-state index contributed by atoms with van der Waals surface area (Å²) < 4.78 is 0. The smallest absolute Gasteiger partial charge is 0.112 e. The van der Waals surface area contributed by atoms with Crippen LogP contribution in [0.4, 0.5) is 0 Å². The van der Waals surface area contributed by atoms with Crippen molar-refractivity contribution >= 4 is 0 Å². The first-order valence-electron chi connectivity index (χ1n) is 6.70. The molecule has 1 rings (SSSR count). The zero-order valence-electron chi connectivity index (χ0n) is 12.7. The van der Waals surface area contributed by atoms with Crippen LogP contribution >= 0.6 is 0 Å². The Morgan fingerprint density at radius 1 is 1.12 bits per heavy atom. The van der Waals surface area contributed by atoms with Gasteiger partial charge in [0.05, 0.1) is 5.69 Å². The van der Waals surface area contributed by atoms with Crippen LogP contribution in [0.2, 0.25) is 0 Å². The highest BCUT2D eigenvalue weighted by Gasteiger charge is 2.29.